The Morgan fingerprint density at radius 1 is 1.03 bits per heavy atom. The van der Waals surface area contributed by atoms with Crippen LogP contribution in [-0.2, 0) is 26.2 Å². The maximum atomic E-state index is 13.6. The number of methoxy groups -OCH3 is 2. The third-order valence-corrected chi connectivity index (χ3v) is 7.16. The Morgan fingerprint density at radius 3 is 2.17 bits per heavy atom. The van der Waals surface area contributed by atoms with Gasteiger partial charge in [-0.15, -0.1) is 0 Å². The Bertz CT molecular complexity index is 1160. The van der Waals surface area contributed by atoms with Gasteiger partial charge < -0.3 is 19.7 Å². The third kappa shape index (κ3) is 7.76. The molecule has 2 aromatic rings. The standard InChI is InChI=1S/C25H34ClN3O6S/c1-7-17(2)27-25(31)18(3)28(15-19-8-10-20(26)11-9-19)24(30)16-29(36(6,32)33)21-12-13-22(34-4)23(14-21)35-5/h8-14,17-18H,7,15-16H2,1-6H3,(H,27,31)/t17-,18-/m1/s1. The number of sulfonamides is 1. The van der Waals surface area contributed by atoms with Gasteiger partial charge in [0.2, 0.25) is 21.8 Å². The van der Waals surface area contributed by atoms with Gasteiger partial charge in [0.05, 0.1) is 26.2 Å². The maximum Gasteiger partial charge on any atom is 0.244 e. The van der Waals surface area contributed by atoms with Gasteiger partial charge in [-0.2, -0.15) is 0 Å². The zero-order valence-corrected chi connectivity index (χ0v) is 23.0. The number of hydrogen-bond acceptors (Lipinski definition) is 6. The van der Waals surface area contributed by atoms with Gasteiger partial charge in [-0.1, -0.05) is 30.7 Å². The molecule has 2 atom stereocenters. The number of carbonyl (C=O) groups is 2. The van der Waals surface area contributed by atoms with Gasteiger partial charge in [0, 0.05) is 23.7 Å². The van der Waals surface area contributed by atoms with E-state index in [0.29, 0.717) is 16.5 Å². The highest BCUT2D eigenvalue weighted by molar-refractivity contribution is 7.92. The van der Waals surface area contributed by atoms with Crippen LogP contribution in [0.2, 0.25) is 5.02 Å². The van der Waals surface area contributed by atoms with Crippen molar-refractivity contribution in [2.45, 2.75) is 45.8 Å². The first kappa shape index (κ1) is 29.3. The highest BCUT2D eigenvalue weighted by atomic mass is 35.5. The molecule has 2 aromatic carbocycles. The van der Waals surface area contributed by atoms with Crippen LogP contribution in [0.3, 0.4) is 0 Å². The summed E-state index contributed by atoms with van der Waals surface area (Å²) >= 11 is 5.99. The van der Waals surface area contributed by atoms with E-state index >= 15 is 0 Å². The molecule has 0 fully saturated rings. The van der Waals surface area contributed by atoms with Gasteiger partial charge >= 0.3 is 0 Å². The van der Waals surface area contributed by atoms with Crippen molar-refractivity contribution in [2.75, 3.05) is 31.3 Å². The summed E-state index contributed by atoms with van der Waals surface area (Å²) < 4.78 is 36.9. The predicted octanol–water partition coefficient (Wildman–Crippen LogP) is 3.46. The number of anilines is 1. The first-order valence-corrected chi connectivity index (χ1v) is 13.7. The molecule has 0 saturated carbocycles. The summed E-state index contributed by atoms with van der Waals surface area (Å²) in [5.41, 5.74) is 0.972. The Morgan fingerprint density at radius 2 is 1.64 bits per heavy atom. The SMILES string of the molecule is CC[C@@H](C)NC(=O)[C@@H](C)N(Cc1ccc(Cl)cc1)C(=O)CN(c1ccc(OC)c(OC)c1)S(C)(=O)=O. The normalized spacial score (nSPS) is 12.9. The average Bonchev–Trinajstić information content (AvgIpc) is 2.85. The number of halogens is 1. The average molecular weight is 540 g/mol. The van der Waals surface area contributed by atoms with Gasteiger partial charge in [-0.25, -0.2) is 8.42 Å². The summed E-state index contributed by atoms with van der Waals surface area (Å²) in [6.45, 7) is 5.02. The lowest BCUT2D eigenvalue weighted by Gasteiger charge is -2.32. The number of amides is 2. The van der Waals surface area contributed by atoms with E-state index in [1.165, 1.54) is 31.3 Å². The van der Waals surface area contributed by atoms with Crippen LogP contribution in [0.25, 0.3) is 0 Å². The molecule has 0 bridgehead atoms. The fraction of sp³-hybridized carbons (Fsp3) is 0.440. The molecule has 0 aliphatic carbocycles. The Kier molecular flexibility index (Phi) is 10.4. The minimum atomic E-state index is -3.87. The van der Waals surface area contributed by atoms with Crippen LogP contribution >= 0.6 is 11.6 Å². The molecule has 11 heteroatoms. The van der Waals surface area contributed by atoms with E-state index in [1.54, 1.807) is 37.3 Å². The van der Waals surface area contributed by atoms with Crippen molar-refractivity contribution < 1.29 is 27.5 Å². The fourth-order valence-corrected chi connectivity index (χ4v) is 4.40. The Balaban J connectivity index is 2.43. The van der Waals surface area contributed by atoms with E-state index in [-0.39, 0.29) is 24.2 Å². The molecule has 0 radical (unpaired) electrons. The highest BCUT2D eigenvalue weighted by Gasteiger charge is 2.30. The van der Waals surface area contributed by atoms with Crippen molar-refractivity contribution in [1.82, 2.24) is 10.2 Å². The number of nitrogens with zero attached hydrogens (tertiary/aromatic N) is 2. The lowest BCUT2D eigenvalue weighted by atomic mass is 10.1. The summed E-state index contributed by atoms with van der Waals surface area (Å²) in [7, 11) is -0.965. The van der Waals surface area contributed by atoms with Crippen LogP contribution in [-0.4, -0.2) is 64.2 Å². The van der Waals surface area contributed by atoms with Crippen molar-refractivity contribution in [2.24, 2.45) is 0 Å². The summed E-state index contributed by atoms with van der Waals surface area (Å²) in [4.78, 5) is 27.9. The quantitative estimate of drug-likeness (QED) is 0.443. The molecule has 0 aliphatic rings. The minimum absolute atomic E-state index is 0.0771. The van der Waals surface area contributed by atoms with Crippen LogP contribution in [0.1, 0.15) is 32.8 Å². The van der Waals surface area contributed by atoms with E-state index < -0.39 is 28.5 Å². The molecule has 0 aromatic heterocycles. The number of benzene rings is 2. The summed E-state index contributed by atoms with van der Waals surface area (Å²) in [5, 5.41) is 3.42. The summed E-state index contributed by atoms with van der Waals surface area (Å²) in [6.07, 6.45) is 1.74. The number of ether oxygens (including phenoxy) is 2. The van der Waals surface area contributed by atoms with Gasteiger partial charge in [-0.3, -0.25) is 13.9 Å². The molecule has 2 amide bonds. The second-order valence-corrected chi connectivity index (χ2v) is 10.8. The molecular weight excluding hydrogens is 506 g/mol. The first-order valence-electron chi connectivity index (χ1n) is 11.4. The molecule has 0 spiro atoms. The van der Waals surface area contributed by atoms with Crippen molar-refractivity contribution in [3.8, 4) is 11.5 Å². The highest BCUT2D eigenvalue weighted by Crippen LogP contribution is 2.32. The van der Waals surface area contributed by atoms with Gasteiger partial charge in [0.15, 0.2) is 11.5 Å². The number of hydrogen-bond donors (Lipinski definition) is 1. The van der Waals surface area contributed by atoms with Gasteiger partial charge in [-0.05, 0) is 50.1 Å². The maximum absolute atomic E-state index is 13.6. The number of carbonyl (C=O) groups excluding carboxylic acids is 2. The van der Waals surface area contributed by atoms with Gasteiger partial charge in [0.25, 0.3) is 0 Å². The second-order valence-electron chi connectivity index (χ2n) is 8.45. The largest absolute Gasteiger partial charge is 0.493 e. The topological polar surface area (TPSA) is 105 Å². The number of nitrogens with one attached hydrogen (secondary N) is 1. The zero-order valence-electron chi connectivity index (χ0n) is 21.4. The van der Waals surface area contributed by atoms with Gasteiger partial charge in [0.1, 0.15) is 12.6 Å². The van der Waals surface area contributed by atoms with Crippen molar-refractivity contribution >= 4 is 39.1 Å². The van der Waals surface area contributed by atoms with Crippen LogP contribution in [0.4, 0.5) is 5.69 Å². The second kappa shape index (κ2) is 12.8. The van der Waals surface area contributed by atoms with Crippen molar-refractivity contribution in [1.29, 1.82) is 0 Å². The van der Waals surface area contributed by atoms with Crippen LogP contribution in [0.5, 0.6) is 11.5 Å². The van der Waals surface area contributed by atoms with Crippen LogP contribution in [0.15, 0.2) is 42.5 Å². The smallest absolute Gasteiger partial charge is 0.244 e. The minimum Gasteiger partial charge on any atom is -0.493 e. The Labute approximate surface area is 218 Å². The van der Waals surface area contributed by atoms with E-state index in [1.807, 2.05) is 13.8 Å². The summed E-state index contributed by atoms with van der Waals surface area (Å²) in [6, 6.07) is 10.5. The molecule has 0 saturated heterocycles. The molecule has 1 N–H and O–H groups in total. The summed E-state index contributed by atoms with van der Waals surface area (Å²) in [5.74, 6) is -0.142. The first-order chi connectivity index (χ1) is 16.9. The lowest BCUT2D eigenvalue weighted by molar-refractivity contribution is -0.139. The third-order valence-electron chi connectivity index (χ3n) is 5.77. The predicted molar refractivity (Wildman–Crippen MR) is 141 cm³/mol. The molecule has 0 aliphatic heterocycles. The molecule has 0 heterocycles. The van der Waals surface area contributed by atoms with Crippen molar-refractivity contribution in [3.63, 3.8) is 0 Å². The Hall–Kier alpha value is -2.98. The van der Waals surface area contributed by atoms with E-state index in [9.17, 15) is 18.0 Å². The fourth-order valence-electron chi connectivity index (χ4n) is 3.43. The molecule has 0 unspecified atom stereocenters. The molecule has 9 nitrogen and oxygen atoms in total. The molecule has 36 heavy (non-hydrogen) atoms. The zero-order chi connectivity index (χ0) is 27.0. The number of rotatable bonds is 12. The molecular formula is C25H34ClN3O6S. The van der Waals surface area contributed by atoms with E-state index in [0.717, 1.165) is 22.5 Å². The van der Waals surface area contributed by atoms with Crippen LogP contribution < -0.4 is 19.1 Å². The van der Waals surface area contributed by atoms with E-state index in [2.05, 4.69) is 5.32 Å². The lowest BCUT2D eigenvalue weighted by Crippen LogP contribution is -2.52. The monoisotopic (exact) mass is 539 g/mol. The van der Waals surface area contributed by atoms with Crippen molar-refractivity contribution in [3.05, 3.63) is 53.1 Å². The molecule has 2 rings (SSSR count). The molecule has 198 valence electrons. The van der Waals surface area contributed by atoms with Crippen LogP contribution in [0, 0.1) is 0 Å². The van der Waals surface area contributed by atoms with E-state index in [4.69, 9.17) is 21.1 Å².